The third-order valence-corrected chi connectivity index (χ3v) is 5.52. The maximum Gasteiger partial charge on any atom is 0.158 e. The van der Waals surface area contributed by atoms with Crippen LogP contribution in [0.4, 0.5) is 0 Å². The average Bonchev–Trinajstić information content (AvgIpc) is 2.04. The van der Waals surface area contributed by atoms with E-state index in [2.05, 4.69) is 0 Å². The molecule has 1 fully saturated rings. The largest absolute Gasteiger partial charge is 0.381 e. The molecular formula is C9H18O3S. The molecule has 13 heavy (non-hydrogen) atoms. The normalized spacial score (nSPS) is 21.8. The monoisotopic (exact) mass is 206 g/mol. The molecule has 0 spiro atoms. The van der Waals surface area contributed by atoms with Crippen molar-refractivity contribution in [1.82, 2.24) is 0 Å². The number of hydrogen-bond donors (Lipinski definition) is 0. The Morgan fingerprint density at radius 3 is 2.00 bits per heavy atom. The van der Waals surface area contributed by atoms with Crippen molar-refractivity contribution in [2.75, 3.05) is 13.2 Å². The lowest BCUT2D eigenvalue weighted by Crippen LogP contribution is -2.40. The zero-order valence-corrected chi connectivity index (χ0v) is 9.36. The summed E-state index contributed by atoms with van der Waals surface area (Å²) in [5, 5.41) is -0.193. The molecule has 78 valence electrons. The fourth-order valence-electron chi connectivity index (χ4n) is 1.49. The predicted molar refractivity (Wildman–Crippen MR) is 52.5 cm³/mol. The first-order valence-corrected chi connectivity index (χ1v) is 6.21. The molecule has 0 aromatic heterocycles. The summed E-state index contributed by atoms with van der Waals surface area (Å²) in [5.41, 5.74) is 0. The van der Waals surface area contributed by atoms with Crippen molar-refractivity contribution in [2.24, 2.45) is 0 Å². The van der Waals surface area contributed by atoms with Crippen molar-refractivity contribution in [1.29, 1.82) is 0 Å². The molecule has 1 rings (SSSR count). The smallest absolute Gasteiger partial charge is 0.158 e. The molecule has 0 radical (unpaired) electrons. The lowest BCUT2D eigenvalue weighted by molar-refractivity contribution is 0.0980. The standard InChI is InChI=1S/C9H18O3S/c1-9(2,3)13(10,11)8-4-6-12-7-5-8/h8H,4-7H2,1-3H3. The van der Waals surface area contributed by atoms with Gasteiger partial charge in [0.1, 0.15) is 0 Å². The number of ether oxygens (including phenoxy) is 1. The van der Waals surface area contributed by atoms with Crippen LogP contribution in [0.5, 0.6) is 0 Å². The van der Waals surface area contributed by atoms with Gasteiger partial charge in [-0.3, -0.25) is 0 Å². The predicted octanol–water partition coefficient (Wildman–Crippen LogP) is 1.38. The second-order valence-electron chi connectivity index (χ2n) is 4.47. The molecule has 1 aliphatic rings. The molecule has 0 amide bonds. The molecule has 4 heteroatoms. The summed E-state index contributed by atoms with van der Waals surface area (Å²) in [6, 6.07) is 0. The Kier molecular flexibility index (Phi) is 3.02. The number of rotatable bonds is 1. The molecule has 0 atom stereocenters. The Balaban J connectivity index is 2.80. The van der Waals surface area contributed by atoms with Gasteiger partial charge in [-0.2, -0.15) is 0 Å². The molecule has 0 aliphatic carbocycles. The number of hydrogen-bond acceptors (Lipinski definition) is 3. The Labute approximate surface area is 80.4 Å². The van der Waals surface area contributed by atoms with E-state index in [1.165, 1.54) is 0 Å². The van der Waals surface area contributed by atoms with Gasteiger partial charge in [0, 0.05) is 13.2 Å². The van der Waals surface area contributed by atoms with Crippen LogP contribution in [0.15, 0.2) is 0 Å². The molecule has 0 N–H and O–H groups in total. The van der Waals surface area contributed by atoms with Crippen molar-refractivity contribution < 1.29 is 13.2 Å². The summed E-state index contributed by atoms with van der Waals surface area (Å²) >= 11 is 0. The number of sulfone groups is 1. The topological polar surface area (TPSA) is 43.4 Å². The van der Waals surface area contributed by atoms with Gasteiger partial charge in [-0.1, -0.05) is 0 Å². The zero-order valence-electron chi connectivity index (χ0n) is 8.54. The van der Waals surface area contributed by atoms with Gasteiger partial charge in [0.15, 0.2) is 9.84 Å². The van der Waals surface area contributed by atoms with Gasteiger partial charge in [0.05, 0.1) is 10.00 Å². The van der Waals surface area contributed by atoms with Crippen molar-refractivity contribution in [3.8, 4) is 0 Å². The van der Waals surface area contributed by atoms with E-state index in [-0.39, 0.29) is 5.25 Å². The second kappa shape index (κ2) is 3.58. The highest BCUT2D eigenvalue weighted by Crippen LogP contribution is 2.26. The average molecular weight is 206 g/mol. The van der Waals surface area contributed by atoms with Crippen LogP contribution in [-0.4, -0.2) is 31.6 Å². The van der Waals surface area contributed by atoms with Gasteiger partial charge in [0.2, 0.25) is 0 Å². The minimum atomic E-state index is -2.98. The summed E-state index contributed by atoms with van der Waals surface area (Å²) in [7, 11) is -2.98. The summed E-state index contributed by atoms with van der Waals surface area (Å²) in [5.74, 6) is 0. The van der Waals surface area contributed by atoms with Crippen molar-refractivity contribution in [3.63, 3.8) is 0 Å². The van der Waals surface area contributed by atoms with Crippen molar-refractivity contribution in [3.05, 3.63) is 0 Å². The van der Waals surface area contributed by atoms with Gasteiger partial charge >= 0.3 is 0 Å². The molecule has 0 unspecified atom stereocenters. The van der Waals surface area contributed by atoms with E-state index < -0.39 is 14.6 Å². The Bertz CT molecular complexity index is 255. The third kappa shape index (κ3) is 2.23. The summed E-state index contributed by atoms with van der Waals surface area (Å²) < 4.78 is 28.4. The quantitative estimate of drug-likeness (QED) is 0.651. The van der Waals surface area contributed by atoms with Crippen molar-refractivity contribution >= 4 is 9.84 Å². The third-order valence-electron chi connectivity index (χ3n) is 2.46. The zero-order chi connectivity index (χ0) is 10.1. The highest BCUT2D eigenvalue weighted by Gasteiger charge is 2.37. The first kappa shape index (κ1) is 11.0. The van der Waals surface area contributed by atoms with Gasteiger partial charge in [-0.15, -0.1) is 0 Å². The minimum Gasteiger partial charge on any atom is -0.381 e. The maximum atomic E-state index is 12.0. The molecule has 0 saturated carbocycles. The lowest BCUT2D eigenvalue weighted by Gasteiger charge is -2.29. The Morgan fingerprint density at radius 2 is 1.62 bits per heavy atom. The van der Waals surface area contributed by atoms with E-state index in [0.717, 1.165) is 0 Å². The fraction of sp³-hybridized carbons (Fsp3) is 1.00. The molecule has 0 bridgehead atoms. The lowest BCUT2D eigenvalue weighted by atomic mass is 10.2. The summed E-state index contributed by atoms with van der Waals surface area (Å²) in [6.07, 6.45) is 1.30. The minimum absolute atomic E-state index is 0.193. The molecular weight excluding hydrogens is 188 g/mol. The molecule has 1 saturated heterocycles. The van der Waals surface area contributed by atoms with E-state index in [0.29, 0.717) is 26.1 Å². The van der Waals surface area contributed by atoms with Crippen LogP contribution in [0.3, 0.4) is 0 Å². The fourth-order valence-corrected chi connectivity index (χ4v) is 3.30. The molecule has 3 nitrogen and oxygen atoms in total. The summed E-state index contributed by atoms with van der Waals surface area (Å²) in [4.78, 5) is 0. The summed E-state index contributed by atoms with van der Waals surface area (Å²) in [6.45, 7) is 6.45. The van der Waals surface area contributed by atoms with Crippen molar-refractivity contribution in [2.45, 2.75) is 43.6 Å². The van der Waals surface area contributed by atoms with E-state index >= 15 is 0 Å². The first-order valence-electron chi connectivity index (χ1n) is 4.67. The van der Waals surface area contributed by atoms with Crippen LogP contribution in [0.25, 0.3) is 0 Å². The molecule has 1 aliphatic heterocycles. The van der Waals surface area contributed by atoms with Gasteiger partial charge in [-0.05, 0) is 33.6 Å². The highest BCUT2D eigenvalue weighted by atomic mass is 32.2. The van der Waals surface area contributed by atoms with Crippen LogP contribution < -0.4 is 0 Å². The highest BCUT2D eigenvalue weighted by molar-refractivity contribution is 7.93. The maximum absolute atomic E-state index is 12.0. The van der Waals surface area contributed by atoms with E-state index in [1.807, 2.05) is 0 Å². The second-order valence-corrected chi connectivity index (χ2v) is 7.45. The van der Waals surface area contributed by atoms with E-state index in [4.69, 9.17) is 4.74 Å². The van der Waals surface area contributed by atoms with E-state index in [1.54, 1.807) is 20.8 Å². The van der Waals surface area contributed by atoms with Gasteiger partial charge < -0.3 is 4.74 Å². The van der Waals surface area contributed by atoms with Crippen LogP contribution in [0.1, 0.15) is 33.6 Å². The van der Waals surface area contributed by atoms with Crippen LogP contribution in [0, 0.1) is 0 Å². The van der Waals surface area contributed by atoms with E-state index in [9.17, 15) is 8.42 Å². The Hall–Kier alpha value is -0.0900. The van der Waals surface area contributed by atoms with Gasteiger partial charge in [0.25, 0.3) is 0 Å². The molecule has 0 aromatic carbocycles. The molecule has 1 heterocycles. The van der Waals surface area contributed by atoms with Crippen LogP contribution >= 0.6 is 0 Å². The van der Waals surface area contributed by atoms with Gasteiger partial charge in [-0.25, -0.2) is 8.42 Å². The van der Waals surface area contributed by atoms with Crippen LogP contribution in [-0.2, 0) is 14.6 Å². The first-order chi connectivity index (χ1) is 5.86. The SMILES string of the molecule is CC(C)(C)S(=O)(=O)C1CCOCC1. The molecule has 0 aromatic rings. The van der Waals surface area contributed by atoms with Crippen LogP contribution in [0.2, 0.25) is 0 Å². The Morgan fingerprint density at radius 1 is 1.15 bits per heavy atom.